The van der Waals surface area contributed by atoms with Gasteiger partial charge in [0.15, 0.2) is 0 Å². The van der Waals surface area contributed by atoms with Crippen molar-refractivity contribution < 1.29 is 9.59 Å². The van der Waals surface area contributed by atoms with Crippen LogP contribution in [-0.2, 0) is 11.3 Å². The van der Waals surface area contributed by atoms with Gasteiger partial charge in [-0.3, -0.25) is 4.79 Å². The molecule has 0 heterocycles. The van der Waals surface area contributed by atoms with Crippen LogP contribution in [0.5, 0.6) is 0 Å². The number of carbonyl (C=O) groups is 2. The maximum Gasteiger partial charge on any atom is 0.315 e. The molecule has 138 valence electrons. The van der Waals surface area contributed by atoms with Crippen molar-refractivity contribution in [2.75, 3.05) is 13.6 Å². The first kappa shape index (κ1) is 19.3. The van der Waals surface area contributed by atoms with Crippen LogP contribution in [0.2, 0.25) is 0 Å². The Balaban J connectivity index is 1.69. The zero-order chi connectivity index (χ0) is 18.2. The minimum atomic E-state index is -0.156. The molecule has 1 aromatic rings. The number of carbonyl (C=O) groups excluding carboxylic acids is 2. The van der Waals surface area contributed by atoms with Gasteiger partial charge in [0, 0.05) is 32.6 Å². The van der Waals surface area contributed by atoms with Crippen LogP contribution in [0.25, 0.3) is 0 Å². The van der Waals surface area contributed by atoms with E-state index in [1.54, 1.807) is 4.90 Å². The predicted molar refractivity (Wildman–Crippen MR) is 100 cm³/mol. The fourth-order valence-corrected chi connectivity index (χ4v) is 3.32. The summed E-state index contributed by atoms with van der Waals surface area (Å²) in [5, 5.41) is 5.80. The largest absolute Gasteiger partial charge is 0.341 e. The molecule has 1 aliphatic carbocycles. The minimum Gasteiger partial charge on any atom is -0.341 e. The molecule has 0 bridgehead atoms. The lowest BCUT2D eigenvalue weighted by atomic mass is 9.96. The van der Waals surface area contributed by atoms with Crippen LogP contribution in [0.3, 0.4) is 0 Å². The second kappa shape index (κ2) is 9.44. The van der Waals surface area contributed by atoms with Gasteiger partial charge in [0.05, 0.1) is 0 Å². The number of urea groups is 1. The van der Waals surface area contributed by atoms with Crippen LogP contribution in [0, 0.1) is 13.8 Å². The van der Waals surface area contributed by atoms with Gasteiger partial charge in [0.1, 0.15) is 0 Å². The van der Waals surface area contributed by atoms with Crippen LogP contribution in [0.15, 0.2) is 18.2 Å². The van der Waals surface area contributed by atoms with Crippen LogP contribution in [0.1, 0.15) is 55.2 Å². The van der Waals surface area contributed by atoms with E-state index in [1.807, 2.05) is 7.05 Å². The number of benzene rings is 1. The number of aryl methyl sites for hydroxylation is 2. The molecule has 0 aromatic heterocycles. The third kappa shape index (κ3) is 6.40. The summed E-state index contributed by atoms with van der Waals surface area (Å²) in [5.74, 6) is 0.0398. The van der Waals surface area contributed by atoms with Gasteiger partial charge in [0.25, 0.3) is 0 Å². The van der Waals surface area contributed by atoms with E-state index < -0.39 is 0 Å². The van der Waals surface area contributed by atoms with Gasteiger partial charge in [0.2, 0.25) is 5.91 Å². The van der Waals surface area contributed by atoms with E-state index in [2.05, 4.69) is 42.7 Å². The predicted octanol–water partition coefficient (Wildman–Crippen LogP) is 3.28. The molecule has 0 radical (unpaired) electrons. The van der Waals surface area contributed by atoms with Crippen molar-refractivity contribution in [2.45, 2.75) is 65.0 Å². The number of amides is 3. The zero-order valence-electron chi connectivity index (χ0n) is 15.7. The molecule has 2 N–H and O–H groups in total. The van der Waals surface area contributed by atoms with Crippen molar-refractivity contribution in [3.63, 3.8) is 0 Å². The lowest BCUT2D eigenvalue weighted by molar-refractivity contribution is -0.130. The Hall–Kier alpha value is -2.04. The molecule has 0 saturated heterocycles. The molecule has 1 aliphatic rings. The maximum atomic E-state index is 12.3. The lowest BCUT2D eigenvalue weighted by Crippen LogP contribution is -2.43. The van der Waals surface area contributed by atoms with Crippen LogP contribution in [0.4, 0.5) is 4.79 Å². The highest BCUT2D eigenvalue weighted by Crippen LogP contribution is 2.17. The zero-order valence-corrected chi connectivity index (χ0v) is 15.7. The summed E-state index contributed by atoms with van der Waals surface area (Å²) in [6, 6.07) is 6.40. The molecule has 5 nitrogen and oxygen atoms in total. The summed E-state index contributed by atoms with van der Waals surface area (Å²) in [4.78, 5) is 25.9. The van der Waals surface area contributed by atoms with E-state index in [0.717, 1.165) is 18.4 Å². The highest BCUT2D eigenvalue weighted by Gasteiger charge is 2.16. The molecule has 0 aliphatic heterocycles. The molecule has 2 rings (SSSR count). The van der Waals surface area contributed by atoms with E-state index in [1.165, 1.54) is 30.4 Å². The first-order valence-electron chi connectivity index (χ1n) is 9.30. The van der Waals surface area contributed by atoms with Gasteiger partial charge in [-0.25, -0.2) is 4.79 Å². The molecule has 0 atom stereocenters. The minimum absolute atomic E-state index is 0.0398. The smallest absolute Gasteiger partial charge is 0.315 e. The van der Waals surface area contributed by atoms with E-state index in [9.17, 15) is 9.59 Å². The number of nitrogens with one attached hydrogen (secondary N) is 2. The molecule has 5 heteroatoms. The topological polar surface area (TPSA) is 61.4 Å². The summed E-state index contributed by atoms with van der Waals surface area (Å²) < 4.78 is 0. The first-order chi connectivity index (χ1) is 12.0. The van der Waals surface area contributed by atoms with Crippen LogP contribution >= 0.6 is 0 Å². The van der Waals surface area contributed by atoms with Gasteiger partial charge in [-0.2, -0.15) is 0 Å². The molecule has 1 fully saturated rings. The summed E-state index contributed by atoms with van der Waals surface area (Å²) in [6.07, 6.45) is 6.08. The van der Waals surface area contributed by atoms with Crippen LogP contribution in [-0.4, -0.2) is 36.5 Å². The molecule has 25 heavy (non-hydrogen) atoms. The van der Waals surface area contributed by atoms with Crippen LogP contribution < -0.4 is 10.6 Å². The third-order valence-electron chi connectivity index (χ3n) is 4.90. The number of hydrogen-bond donors (Lipinski definition) is 2. The van der Waals surface area contributed by atoms with Crippen molar-refractivity contribution in [3.8, 4) is 0 Å². The summed E-state index contributed by atoms with van der Waals surface area (Å²) in [5.41, 5.74) is 3.58. The summed E-state index contributed by atoms with van der Waals surface area (Å²) >= 11 is 0. The monoisotopic (exact) mass is 345 g/mol. The Morgan fingerprint density at radius 1 is 1.16 bits per heavy atom. The fraction of sp³-hybridized carbons (Fsp3) is 0.600. The molecular formula is C20H31N3O2. The summed E-state index contributed by atoms with van der Waals surface area (Å²) in [7, 11) is 1.81. The molecule has 0 spiro atoms. The molecule has 0 unspecified atom stereocenters. The second-order valence-corrected chi connectivity index (χ2v) is 7.16. The van der Waals surface area contributed by atoms with E-state index in [-0.39, 0.29) is 18.0 Å². The Kier molecular flexibility index (Phi) is 7.29. The Morgan fingerprint density at radius 2 is 1.88 bits per heavy atom. The van der Waals surface area contributed by atoms with Gasteiger partial charge in [-0.15, -0.1) is 0 Å². The fourth-order valence-electron chi connectivity index (χ4n) is 3.32. The van der Waals surface area contributed by atoms with Crippen molar-refractivity contribution in [1.29, 1.82) is 0 Å². The van der Waals surface area contributed by atoms with E-state index in [4.69, 9.17) is 0 Å². The van der Waals surface area contributed by atoms with Gasteiger partial charge in [-0.1, -0.05) is 43.0 Å². The summed E-state index contributed by atoms with van der Waals surface area (Å²) in [6.45, 7) is 5.10. The lowest BCUT2D eigenvalue weighted by Gasteiger charge is -2.23. The molecule has 1 aromatic carbocycles. The maximum absolute atomic E-state index is 12.3. The normalized spacial score (nSPS) is 14.8. The second-order valence-electron chi connectivity index (χ2n) is 7.16. The highest BCUT2D eigenvalue weighted by atomic mass is 16.2. The Labute approximate surface area is 151 Å². The van der Waals surface area contributed by atoms with Gasteiger partial charge in [-0.05, 0) is 37.8 Å². The average molecular weight is 345 g/mol. The first-order valence-corrected chi connectivity index (χ1v) is 9.30. The highest BCUT2D eigenvalue weighted by molar-refractivity contribution is 5.78. The molecule has 3 amide bonds. The number of nitrogens with zero attached hydrogens (tertiary/aromatic N) is 1. The van der Waals surface area contributed by atoms with E-state index >= 15 is 0 Å². The SMILES string of the molecule is Cc1ccc(CN(C)C(=O)CCNC(=O)NC2CCCCC2)c(C)c1. The Bertz CT molecular complexity index is 595. The Morgan fingerprint density at radius 3 is 2.56 bits per heavy atom. The van der Waals surface area contributed by atoms with Gasteiger partial charge < -0.3 is 15.5 Å². The van der Waals surface area contributed by atoms with Crippen molar-refractivity contribution in [3.05, 3.63) is 34.9 Å². The quantitative estimate of drug-likeness (QED) is 0.831. The van der Waals surface area contributed by atoms with E-state index in [0.29, 0.717) is 19.5 Å². The number of hydrogen-bond acceptors (Lipinski definition) is 2. The molecule has 1 saturated carbocycles. The average Bonchev–Trinajstić information content (AvgIpc) is 2.58. The standard InChI is InChI=1S/C20H31N3O2/c1-15-9-10-17(16(2)13-15)14-23(3)19(24)11-12-21-20(25)22-18-7-5-4-6-8-18/h9-10,13,18H,4-8,11-12,14H2,1-3H3,(H2,21,22,25). The molecular weight excluding hydrogens is 314 g/mol. The number of rotatable bonds is 6. The van der Waals surface area contributed by atoms with Gasteiger partial charge >= 0.3 is 6.03 Å². The van der Waals surface area contributed by atoms with Crippen molar-refractivity contribution in [1.82, 2.24) is 15.5 Å². The van der Waals surface area contributed by atoms with Crippen molar-refractivity contribution in [2.24, 2.45) is 0 Å². The third-order valence-corrected chi connectivity index (χ3v) is 4.90. The van der Waals surface area contributed by atoms with Crippen molar-refractivity contribution >= 4 is 11.9 Å².